The lowest BCUT2D eigenvalue weighted by atomic mass is 10.3. The van der Waals surface area contributed by atoms with Crippen LogP contribution in [0.2, 0.25) is 0 Å². The van der Waals surface area contributed by atoms with Crippen LogP contribution in [0.5, 0.6) is 11.5 Å². The summed E-state index contributed by atoms with van der Waals surface area (Å²) in [6.07, 6.45) is 1.53. The standard InChI is InChI=1S/C16H15FN2O5S/c17-12-4-3-5-13(10-12)24-16-7-6-14(11-15(16)19(20)21)25(22,23)18-8-1-2-9-18/h3-7,10-11H,1-2,8-9H2. The van der Waals surface area contributed by atoms with Crippen molar-refractivity contribution in [3.05, 3.63) is 58.4 Å². The average Bonchev–Trinajstić information content (AvgIpc) is 3.10. The van der Waals surface area contributed by atoms with Crippen LogP contribution in [0, 0.1) is 15.9 Å². The third kappa shape index (κ3) is 3.62. The summed E-state index contributed by atoms with van der Waals surface area (Å²) in [5.74, 6) is -0.623. The minimum Gasteiger partial charge on any atom is -0.450 e. The van der Waals surface area contributed by atoms with Crippen LogP contribution in [-0.2, 0) is 10.0 Å². The zero-order valence-corrected chi connectivity index (χ0v) is 13.9. The van der Waals surface area contributed by atoms with Gasteiger partial charge in [0, 0.05) is 25.2 Å². The van der Waals surface area contributed by atoms with Crippen LogP contribution in [-0.4, -0.2) is 30.7 Å². The summed E-state index contributed by atoms with van der Waals surface area (Å²) in [7, 11) is -3.78. The molecule has 7 nitrogen and oxygen atoms in total. The summed E-state index contributed by atoms with van der Waals surface area (Å²) in [5, 5.41) is 11.3. The second kappa shape index (κ2) is 6.77. The zero-order chi connectivity index (χ0) is 18.0. The third-order valence-electron chi connectivity index (χ3n) is 3.85. The molecule has 0 aliphatic carbocycles. The molecule has 0 saturated carbocycles. The highest BCUT2D eigenvalue weighted by Gasteiger charge is 2.30. The van der Waals surface area contributed by atoms with E-state index in [0.717, 1.165) is 25.0 Å². The predicted molar refractivity (Wildman–Crippen MR) is 87.6 cm³/mol. The molecule has 1 aliphatic rings. The first-order valence-electron chi connectivity index (χ1n) is 7.60. The Hall–Kier alpha value is -2.52. The topological polar surface area (TPSA) is 89.8 Å². The third-order valence-corrected chi connectivity index (χ3v) is 5.75. The van der Waals surface area contributed by atoms with E-state index in [1.165, 1.54) is 34.6 Å². The lowest BCUT2D eigenvalue weighted by molar-refractivity contribution is -0.385. The van der Waals surface area contributed by atoms with Gasteiger partial charge in [-0.3, -0.25) is 10.1 Å². The molecule has 0 unspecified atom stereocenters. The number of hydrogen-bond acceptors (Lipinski definition) is 5. The first-order chi connectivity index (χ1) is 11.9. The Kier molecular flexibility index (Phi) is 4.69. The number of nitro benzene ring substituents is 1. The number of rotatable bonds is 5. The van der Waals surface area contributed by atoms with Gasteiger partial charge in [-0.1, -0.05) is 6.07 Å². The molecular weight excluding hydrogens is 351 g/mol. The molecule has 0 spiro atoms. The van der Waals surface area contributed by atoms with E-state index >= 15 is 0 Å². The van der Waals surface area contributed by atoms with Crippen molar-refractivity contribution in [1.82, 2.24) is 4.31 Å². The van der Waals surface area contributed by atoms with Crippen molar-refractivity contribution in [3.8, 4) is 11.5 Å². The molecule has 0 bridgehead atoms. The fourth-order valence-electron chi connectivity index (χ4n) is 2.62. The van der Waals surface area contributed by atoms with Gasteiger partial charge in [-0.25, -0.2) is 12.8 Å². The normalized spacial score (nSPS) is 15.2. The van der Waals surface area contributed by atoms with Crippen molar-refractivity contribution in [3.63, 3.8) is 0 Å². The molecule has 2 aromatic rings. The maximum atomic E-state index is 13.2. The molecular formula is C16H15FN2O5S. The van der Waals surface area contributed by atoms with Crippen molar-refractivity contribution < 1.29 is 22.5 Å². The smallest absolute Gasteiger partial charge is 0.312 e. The molecule has 3 rings (SSSR count). The second-order valence-electron chi connectivity index (χ2n) is 5.56. The maximum Gasteiger partial charge on any atom is 0.312 e. The Morgan fingerprint density at radius 1 is 1.12 bits per heavy atom. The average molecular weight is 366 g/mol. The molecule has 0 N–H and O–H groups in total. The van der Waals surface area contributed by atoms with Gasteiger partial charge in [-0.2, -0.15) is 4.31 Å². The second-order valence-corrected chi connectivity index (χ2v) is 7.50. The van der Waals surface area contributed by atoms with Crippen molar-refractivity contribution in [2.75, 3.05) is 13.1 Å². The first kappa shape index (κ1) is 17.3. The van der Waals surface area contributed by atoms with Crippen molar-refractivity contribution in [1.29, 1.82) is 0 Å². The monoisotopic (exact) mass is 366 g/mol. The number of hydrogen-bond donors (Lipinski definition) is 0. The summed E-state index contributed by atoms with van der Waals surface area (Å²) in [6, 6.07) is 8.60. The number of benzene rings is 2. The molecule has 1 saturated heterocycles. The van der Waals surface area contributed by atoms with Gasteiger partial charge >= 0.3 is 5.69 Å². The summed E-state index contributed by atoms with van der Waals surface area (Å²) in [4.78, 5) is 10.4. The van der Waals surface area contributed by atoms with E-state index in [4.69, 9.17) is 4.74 Å². The highest BCUT2D eigenvalue weighted by Crippen LogP contribution is 2.34. The van der Waals surface area contributed by atoms with Gasteiger partial charge < -0.3 is 4.74 Å². The molecule has 0 amide bonds. The maximum absolute atomic E-state index is 13.2. The molecule has 9 heteroatoms. The molecule has 2 aromatic carbocycles. The predicted octanol–water partition coefficient (Wildman–Crippen LogP) is 3.31. The lowest BCUT2D eigenvalue weighted by Gasteiger charge is -2.15. The Labute approximate surface area is 143 Å². The van der Waals surface area contributed by atoms with E-state index in [2.05, 4.69) is 0 Å². The minimum absolute atomic E-state index is 0.0817. The van der Waals surface area contributed by atoms with E-state index in [0.29, 0.717) is 13.1 Å². The molecule has 0 aromatic heterocycles. The first-order valence-corrected chi connectivity index (χ1v) is 9.04. The van der Waals surface area contributed by atoms with Gasteiger partial charge in [-0.05, 0) is 37.1 Å². The summed E-state index contributed by atoms with van der Waals surface area (Å²) < 4.78 is 45.0. The number of sulfonamides is 1. The Morgan fingerprint density at radius 2 is 1.84 bits per heavy atom. The van der Waals surface area contributed by atoms with Crippen LogP contribution in [0.25, 0.3) is 0 Å². The molecule has 1 heterocycles. The highest BCUT2D eigenvalue weighted by atomic mass is 32.2. The van der Waals surface area contributed by atoms with Gasteiger partial charge in [0.05, 0.1) is 9.82 Å². The fraction of sp³-hybridized carbons (Fsp3) is 0.250. The van der Waals surface area contributed by atoms with E-state index in [-0.39, 0.29) is 16.4 Å². The van der Waals surface area contributed by atoms with Crippen LogP contribution in [0.1, 0.15) is 12.8 Å². The quantitative estimate of drug-likeness (QED) is 0.598. The summed E-state index contributed by atoms with van der Waals surface area (Å²) >= 11 is 0. The SMILES string of the molecule is O=[N+]([O-])c1cc(S(=O)(=O)N2CCCC2)ccc1Oc1cccc(F)c1. The Bertz CT molecular complexity index is 910. The molecule has 25 heavy (non-hydrogen) atoms. The molecule has 0 atom stereocenters. The minimum atomic E-state index is -3.78. The van der Waals surface area contributed by atoms with Crippen LogP contribution in [0.3, 0.4) is 0 Å². The Balaban J connectivity index is 1.97. The fourth-order valence-corrected chi connectivity index (χ4v) is 4.16. The van der Waals surface area contributed by atoms with Gasteiger partial charge in [0.15, 0.2) is 0 Å². The van der Waals surface area contributed by atoms with Crippen molar-refractivity contribution >= 4 is 15.7 Å². The van der Waals surface area contributed by atoms with Crippen LogP contribution < -0.4 is 4.74 Å². The zero-order valence-electron chi connectivity index (χ0n) is 13.1. The Morgan fingerprint density at radius 3 is 2.48 bits per heavy atom. The summed E-state index contributed by atoms with van der Waals surface area (Å²) in [6.45, 7) is 0.801. The van der Waals surface area contributed by atoms with E-state index in [9.17, 15) is 22.9 Å². The number of halogens is 1. The highest BCUT2D eigenvalue weighted by molar-refractivity contribution is 7.89. The molecule has 1 fully saturated rings. The van der Waals surface area contributed by atoms with Crippen LogP contribution in [0.15, 0.2) is 47.4 Å². The number of nitrogens with zero attached hydrogens (tertiary/aromatic N) is 2. The van der Waals surface area contributed by atoms with Gasteiger partial charge in [0.2, 0.25) is 15.8 Å². The lowest BCUT2D eigenvalue weighted by Crippen LogP contribution is -2.27. The molecule has 0 radical (unpaired) electrons. The molecule has 1 aliphatic heterocycles. The van der Waals surface area contributed by atoms with Gasteiger partial charge in [-0.15, -0.1) is 0 Å². The van der Waals surface area contributed by atoms with E-state index < -0.39 is 26.5 Å². The largest absolute Gasteiger partial charge is 0.450 e. The van der Waals surface area contributed by atoms with E-state index in [1.807, 2.05) is 0 Å². The van der Waals surface area contributed by atoms with Crippen LogP contribution in [0.4, 0.5) is 10.1 Å². The van der Waals surface area contributed by atoms with Gasteiger partial charge in [0.25, 0.3) is 0 Å². The molecule has 132 valence electrons. The van der Waals surface area contributed by atoms with Gasteiger partial charge in [0.1, 0.15) is 11.6 Å². The van der Waals surface area contributed by atoms with E-state index in [1.54, 1.807) is 0 Å². The number of nitro groups is 1. The van der Waals surface area contributed by atoms with Crippen LogP contribution >= 0.6 is 0 Å². The summed E-state index contributed by atoms with van der Waals surface area (Å²) in [5.41, 5.74) is -0.496. The number of ether oxygens (including phenoxy) is 1. The van der Waals surface area contributed by atoms with Crippen molar-refractivity contribution in [2.24, 2.45) is 0 Å². The van der Waals surface area contributed by atoms with Crippen molar-refractivity contribution in [2.45, 2.75) is 17.7 Å².